The third-order valence-electron chi connectivity index (χ3n) is 2.38. The van der Waals surface area contributed by atoms with Crippen molar-refractivity contribution >= 4 is 33.7 Å². The van der Waals surface area contributed by atoms with Gasteiger partial charge in [-0.25, -0.2) is 0 Å². The summed E-state index contributed by atoms with van der Waals surface area (Å²) in [7, 11) is 0. The fraction of sp³-hybridized carbons (Fsp3) is 0. The summed E-state index contributed by atoms with van der Waals surface area (Å²) in [6.07, 6.45) is 1.77. The molecule has 2 aromatic rings. The number of carbonyl (C=O) groups excluding carboxylic acids is 1. The molecule has 0 fully saturated rings. The maximum absolute atomic E-state index is 10.9. The predicted octanol–water partition coefficient (Wildman–Crippen LogP) is 3.30. The molecular formula is C14H11BrN2O. The van der Waals surface area contributed by atoms with Crippen LogP contribution in [0.5, 0.6) is 0 Å². The van der Waals surface area contributed by atoms with Crippen LogP contribution in [0.3, 0.4) is 0 Å². The van der Waals surface area contributed by atoms with Crippen LogP contribution in [0.4, 0.5) is 5.69 Å². The van der Waals surface area contributed by atoms with Crippen LogP contribution in [0.25, 0.3) is 0 Å². The molecule has 0 aliphatic rings. The van der Waals surface area contributed by atoms with Gasteiger partial charge in [-0.05, 0) is 42.0 Å². The van der Waals surface area contributed by atoms with Crippen molar-refractivity contribution in [2.45, 2.75) is 0 Å². The van der Waals surface area contributed by atoms with E-state index in [1.807, 2.05) is 24.3 Å². The smallest absolute Gasteiger partial charge is 0.248 e. The third-order valence-corrected chi connectivity index (χ3v) is 2.91. The van der Waals surface area contributed by atoms with E-state index in [4.69, 9.17) is 5.73 Å². The zero-order valence-electron chi connectivity index (χ0n) is 9.51. The van der Waals surface area contributed by atoms with Crippen LogP contribution in [0.2, 0.25) is 0 Å². The van der Waals surface area contributed by atoms with Gasteiger partial charge in [-0.3, -0.25) is 9.79 Å². The molecule has 1 amide bonds. The molecule has 0 saturated heterocycles. The van der Waals surface area contributed by atoms with Crippen molar-refractivity contribution in [3.05, 3.63) is 64.1 Å². The topological polar surface area (TPSA) is 55.5 Å². The number of hydrogen-bond acceptors (Lipinski definition) is 2. The number of benzene rings is 2. The van der Waals surface area contributed by atoms with E-state index in [1.54, 1.807) is 30.5 Å². The van der Waals surface area contributed by atoms with Gasteiger partial charge in [0.25, 0.3) is 0 Å². The lowest BCUT2D eigenvalue weighted by molar-refractivity contribution is 0.100. The molecule has 2 rings (SSSR count). The van der Waals surface area contributed by atoms with Crippen molar-refractivity contribution in [2.24, 2.45) is 10.7 Å². The SMILES string of the molecule is NC(=O)c1ccc(N=Cc2ccc(Br)cc2)cc1. The van der Waals surface area contributed by atoms with Gasteiger partial charge >= 0.3 is 0 Å². The minimum Gasteiger partial charge on any atom is -0.366 e. The Kier molecular flexibility index (Phi) is 3.89. The normalized spacial score (nSPS) is 10.7. The van der Waals surface area contributed by atoms with Crippen LogP contribution < -0.4 is 5.73 Å². The summed E-state index contributed by atoms with van der Waals surface area (Å²) in [6.45, 7) is 0. The molecule has 0 aliphatic carbocycles. The van der Waals surface area contributed by atoms with Crippen molar-refractivity contribution in [1.82, 2.24) is 0 Å². The highest BCUT2D eigenvalue weighted by molar-refractivity contribution is 9.10. The Morgan fingerprint density at radius 2 is 1.67 bits per heavy atom. The predicted molar refractivity (Wildman–Crippen MR) is 76.4 cm³/mol. The summed E-state index contributed by atoms with van der Waals surface area (Å²) in [5, 5.41) is 0. The number of nitrogens with zero attached hydrogens (tertiary/aromatic N) is 1. The van der Waals surface area contributed by atoms with Gasteiger partial charge in [0, 0.05) is 16.3 Å². The standard InChI is InChI=1S/C14H11BrN2O/c15-12-5-1-10(2-6-12)9-17-13-7-3-11(4-8-13)14(16)18/h1-9H,(H2,16,18). The summed E-state index contributed by atoms with van der Waals surface area (Å²) in [5.41, 5.74) is 7.44. The van der Waals surface area contributed by atoms with E-state index in [9.17, 15) is 4.79 Å². The van der Waals surface area contributed by atoms with E-state index in [-0.39, 0.29) is 0 Å². The van der Waals surface area contributed by atoms with Crippen molar-refractivity contribution in [3.63, 3.8) is 0 Å². The van der Waals surface area contributed by atoms with E-state index in [0.29, 0.717) is 5.56 Å². The number of aliphatic imine (C=N–C) groups is 1. The first kappa shape index (κ1) is 12.5. The number of primary amides is 1. The number of hydrogen-bond donors (Lipinski definition) is 1. The van der Waals surface area contributed by atoms with Crippen LogP contribution in [-0.2, 0) is 0 Å². The van der Waals surface area contributed by atoms with Gasteiger partial charge in [0.1, 0.15) is 0 Å². The molecule has 0 radical (unpaired) electrons. The Balaban J connectivity index is 2.13. The molecule has 0 bridgehead atoms. The number of rotatable bonds is 3. The van der Waals surface area contributed by atoms with Crippen LogP contribution >= 0.6 is 15.9 Å². The van der Waals surface area contributed by atoms with Crippen molar-refractivity contribution in [3.8, 4) is 0 Å². The van der Waals surface area contributed by atoms with Gasteiger partial charge in [0.2, 0.25) is 5.91 Å². The molecule has 18 heavy (non-hydrogen) atoms. The largest absolute Gasteiger partial charge is 0.366 e. The maximum atomic E-state index is 10.9. The molecule has 0 atom stereocenters. The van der Waals surface area contributed by atoms with Crippen molar-refractivity contribution < 1.29 is 4.79 Å². The van der Waals surface area contributed by atoms with Crippen molar-refractivity contribution in [1.29, 1.82) is 0 Å². The van der Waals surface area contributed by atoms with Crippen LogP contribution in [0.1, 0.15) is 15.9 Å². The molecule has 0 saturated carbocycles. The van der Waals surface area contributed by atoms with E-state index in [1.165, 1.54) is 0 Å². The molecule has 0 aliphatic heterocycles. The fourth-order valence-corrected chi connectivity index (χ4v) is 1.67. The zero-order chi connectivity index (χ0) is 13.0. The number of nitrogens with two attached hydrogens (primary N) is 1. The number of carbonyl (C=O) groups is 1. The maximum Gasteiger partial charge on any atom is 0.248 e. The highest BCUT2D eigenvalue weighted by atomic mass is 79.9. The van der Waals surface area contributed by atoms with Gasteiger partial charge < -0.3 is 5.73 Å². The van der Waals surface area contributed by atoms with Crippen LogP contribution in [-0.4, -0.2) is 12.1 Å². The molecule has 3 nitrogen and oxygen atoms in total. The Bertz CT molecular complexity index is 574. The first-order valence-corrected chi connectivity index (χ1v) is 6.14. The van der Waals surface area contributed by atoms with Crippen molar-refractivity contribution in [2.75, 3.05) is 0 Å². The monoisotopic (exact) mass is 302 g/mol. The second-order valence-corrected chi connectivity index (χ2v) is 4.64. The van der Waals surface area contributed by atoms with E-state index >= 15 is 0 Å². The Hall–Kier alpha value is -1.94. The molecular weight excluding hydrogens is 292 g/mol. The fourth-order valence-electron chi connectivity index (χ4n) is 1.41. The lowest BCUT2D eigenvalue weighted by Gasteiger charge is -1.97. The lowest BCUT2D eigenvalue weighted by Crippen LogP contribution is -2.10. The molecule has 0 spiro atoms. The van der Waals surface area contributed by atoms with Gasteiger partial charge in [0.05, 0.1) is 5.69 Å². The number of halogens is 1. The minimum atomic E-state index is -0.432. The quantitative estimate of drug-likeness (QED) is 0.869. The first-order chi connectivity index (χ1) is 8.65. The van der Waals surface area contributed by atoms with E-state index in [2.05, 4.69) is 20.9 Å². The van der Waals surface area contributed by atoms with Gasteiger partial charge in [-0.1, -0.05) is 28.1 Å². The summed E-state index contributed by atoms with van der Waals surface area (Å²) in [6, 6.07) is 14.7. The highest BCUT2D eigenvalue weighted by Crippen LogP contribution is 2.14. The zero-order valence-corrected chi connectivity index (χ0v) is 11.1. The molecule has 2 N–H and O–H groups in total. The molecule has 4 heteroatoms. The van der Waals surface area contributed by atoms with Crippen LogP contribution in [0, 0.1) is 0 Å². The highest BCUT2D eigenvalue weighted by Gasteiger charge is 1.98. The van der Waals surface area contributed by atoms with E-state index < -0.39 is 5.91 Å². The van der Waals surface area contributed by atoms with Gasteiger partial charge in [-0.15, -0.1) is 0 Å². The summed E-state index contributed by atoms with van der Waals surface area (Å²) < 4.78 is 1.03. The lowest BCUT2D eigenvalue weighted by atomic mass is 10.2. The second kappa shape index (κ2) is 5.60. The molecule has 0 heterocycles. The van der Waals surface area contributed by atoms with Crippen LogP contribution in [0.15, 0.2) is 58.0 Å². The molecule has 0 unspecified atom stereocenters. The summed E-state index contributed by atoms with van der Waals surface area (Å²) in [5.74, 6) is -0.432. The average molecular weight is 303 g/mol. The minimum absolute atomic E-state index is 0.432. The Morgan fingerprint density at radius 3 is 2.22 bits per heavy atom. The number of amides is 1. The van der Waals surface area contributed by atoms with Gasteiger partial charge in [-0.2, -0.15) is 0 Å². The third kappa shape index (κ3) is 3.28. The summed E-state index contributed by atoms with van der Waals surface area (Å²) in [4.78, 5) is 15.2. The second-order valence-electron chi connectivity index (χ2n) is 3.72. The summed E-state index contributed by atoms with van der Waals surface area (Å²) >= 11 is 3.37. The molecule has 2 aromatic carbocycles. The van der Waals surface area contributed by atoms with E-state index in [0.717, 1.165) is 15.7 Å². The Morgan fingerprint density at radius 1 is 1.06 bits per heavy atom. The Labute approximate surface area is 113 Å². The molecule has 90 valence electrons. The van der Waals surface area contributed by atoms with Gasteiger partial charge in [0.15, 0.2) is 0 Å². The first-order valence-electron chi connectivity index (χ1n) is 5.34. The molecule has 0 aromatic heterocycles. The average Bonchev–Trinajstić information content (AvgIpc) is 2.38.